The van der Waals surface area contributed by atoms with Gasteiger partial charge in [0, 0.05) is 43.7 Å². The van der Waals surface area contributed by atoms with Gasteiger partial charge in [-0.1, -0.05) is 31.1 Å². The minimum atomic E-state index is -0.00437. The van der Waals surface area contributed by atoms with Crippen LogP contribution in [-0.2, 0) is 16.7 Å². The summed E-state index contributed by atoms with van der Waals surface area (Å²) in [4.78, 5) is 4.75. The standard InChI is InChI=1S/C25H38N4O3/c1-5-19(6-2)23-16-22(32-29-23)17-27-24(26-7-3)28-18-25(12-14-31-15-13-25)20-8-10-21(30-4)11-9-20/h8-11,16,19H,5-7,12-15,17-18H2,1-4H3,(H2,26,27,28). The summed E-state index contributed by atoms with van der Waals surface area (Å²) in [6, 6.07) is 10.5. The summed E-state index contributed by atoms with van der Waals surface area (Å²) in [5.74, 6) is 2.90. The van der Waals surface area contributed by atoms with Crippen LogP contribution in [0.25, 0.3) is 0 Å². The number of rotatable bonds is 10. The Bertz CT molecular complexity index is 837. The Balaban J connectivity index is 1.70. The lowest BCUT2D eigenvalue weighted by Gasteiger charge is -2.38. The average Bonchev–Trinajstić information content (AvgIpc) is 3.31. The SMILES string of the molecule is CCNC(=NCc1cc(C(CC)CC)no1)NCC1(c2ccc(OC)cc2)CCOCC1. The summed E-state index contributed by atoms with van der Waals surface area (Å²) >= 11 is 0. The van der Waals surface area contributed by atoms with Crippen LogP contribution in [0.3, 0.4) is 0 Å². The zero-order valence-corrected chi connectivity index (χ0v) is 19.9. The molecule has 3 rings (SSSR count). The van der Waals surface area contributed by atoms with Crippen LogP contribution in [-0.4, -0.2) is 44.5 Å². The van der Waals surface area contributed by atoms with E-state index < -0.39 is 0 Å². The molecule has 32 heavy (non-hydrogen) atoms. The van der Waals surface area contributed by atoms with Gasteiger partial charge in [-0.3, -0.25) is 0 Å². The van der Waals surface area contributed by atoms with Gasteiger partial charge in [-0.05, 0) is 50.3 Å². The monoisotopic (exact) mass is 442 g/mol. The van der Waals surface area contributed by atoms with Crippen LogP contribution >= 0.6 is 0 Å². The molecule has 0 unspecified atom stereocenters. The summed E-state index contributed by atoms with van der Waals surface area (Å²) in [6.45, 7) is 10.00. The summed E-state index contributed by atoms with van der Waals surface area (Å²) in [6.07, 6.45) is 4.05. The fourth-order valence-corrected chi connectivity index (χ4v) is 4.33. The molecule has 1 aliphatic heterocycles. The molecular weight excluding hydrogens is 404 g/mol. The Kier molecular flexibility index (Phi) is 8.97. The molecule has 176 valence electrons. The summed E-state index contributed by atoms with van der Waals surface area (Å²) in [5.41, 5.74) is 2.32. The third kappa shape index (κ3) is 6.03. The maximum atomic E-state index is 5.67. The number of ether oxygens (including phenoxy) is 2. The second kappa shape index (κ2) is 11.9. The second-order valence-electron chi connectivity index (χ2n) is 8.40. The van der Waals surface area contributed by atoms with E-state index in [-0.39, 0.29) is 5.41 Å². The zero-order valence-electron chi connectivity index (χ0n) is 19.9. The van der Waals surface area contributed by atoms with Crippen molar-refractivity contribution in [3.8, 4) is 5.75 Å². The molecule has 2 aromatic rings. The van der Waals surface area contributed by atoms with Gasteiger partial charge in [0.15, 0.2) is 11.7 Å². The predicted molar refractivity (Wildman–Crippen MR) is 127 cm³/mol. The molecule has 0 saturated carbocycles. The minimum Gasteiger partial charge on any atom is -0.497 e. The van der Waals surface area contributed by atoms with Crippen LogP contribution in [0, 0.1) is 0 Å². The zero-order chi connectivity index (χ0) is 22.8. The van der Waals surface area contributed by atoms with Crippen LogP contribution in [0.2, 0.25) is 0 Å². The first-order chi connectivity index (χ1) is 15.6. The molecule has 2 heterocycles. The number of hydrogen-bond acceptors (Lipinski definition) is 5. The molecule has 1 aromatic carbocycles. The van der Waals surface area contributed by atoms with Crippen molar-refractivity contribution >= 4 is 5.96 Å². The van der Waals surface area contributed by atoms with E-state index in [4.69, 9.17) is 19.0 Å². The van der Waals surface area contributed by atoms with E-state index in [0.29, 0.717) is 12.5 Å². The van der Waals surface area contributed by atoms with Gasteiger partial charge in [0.1, 0.15) is 12.3 Å². The number of guanidine groups is 1. The third-order valence-electron chi connectivity index (χ3n) is 6.46. The normalized spacial score (nSPS) is 16.2. The molecule has 7 heteroatoms. The Labute approximate surface area is 192 Å². The van der Waals surface area contributed by atoms with Crippen LogP contribution in [0.1, 0.15) is 69.4 Å². The Morgan fingerprint density at radius 1 is 1.12 bits per heavy atom. The smallest absolute Gasteiger partial charge is 0.191 e. The molecule has 0 amide bonds. The lowest BCUT2D eigenvalue weighted by Crippen LogP contribution is -2.48. The van der Waals surface area contributed by atoms with Crippen LogP contribution in [0.4, 0.5) is 0 Å². The number of benzene rings is 1. The van der Waals surface area contributed by atoms with E-state index in [1.165, 1.54) is 5.56 Å². The van der Waals surface area contributed by atoms with Crippen molar-refractivity contribution in [2.24, 2.45) is 4.99 Å². The van der Waals surface area contributed by atoms with E-state index in [9.17, 15) is 0 Å². The van der Waals surface area contributed by atoms with E-state index in [2.05, 4.69) is 48.7 Å². The molecule has 1 aliphatic rings. The lowest BCUT2D eigenvalue weighted by molar-refractivity contribution is 0.0513. The summed E-state index contributed by atoms with van der Waals surface area (Å²) in [5, 5.41) is 11.2. The number of aliphatic imine (C=N–C) groups is 1. The van der Waals surface area contributed by atoms with Crippen molar-refractivity contribution < 1.29 is 14.0 Å². The van der Waals surface area contributed by atoms with Gasteiger partial charge in [-0.15, -0.1) is 0 Å². The highest BCUT2D eigenvalue weighted by molar-refractivity contribution is 5.79. The van der Waals surface area contributed by atoms with Crippen molar-refractivity contribution in [1.29, 1.82) is 0 Å². The van der Waals surface area contributed by atoms with Gasteiger partial charge in [-0.2, -0.15) is 0 Å². The molecular formula is C25H38N4O3. The molecule has 0 atom stereocenters. The van der Waals surface area contributed by atoms with Crippen molar-refractivity contribution in [2.75, 3.05) is 33.4 Å². The Hall–Kier alpha value is -2.54. The fourth-order valence-electron chi connectivity index (χ4n) is 4.33. The van der Waals surface area contributed by atoms with Gasteiger partial charge in [0.2, 0.25) is 0 Å². The first kappa shape index (κ1) is 24.1. The first-order valence-electron chi connectivity index (χ1n) is 11.8. The van der Waals surface area contributed by atoms with Crippen LogP contribution in [0.15, 0.2) is 39.8 Å². The van der Waals surface area contributed by atoms with E-state index in [0.717, 1.165) is 75.1 Å². The average molecular weight is 443 g/mol. The second-order valence-corrected chi connectivity index (χ2v) is 8.40. The molecule has 7 nitrogen and oxygen atoms in total. The largest absolute Gasteiger partial charge is 0.497 e. The summed E-state index contributed by atoms with van der Waals surface area (Å²) < 4.78 is 16.6. The van der Waals surface area contributed by atoms with Crippen molar-refractivity contribution in [3.05, 3.63) is 47.3 Å². The maximum Gasteiger partial charge on any atom is 0.191 e. The molecule has 1 fully saturated rings. The number of aromatic nitrogens is 1. The number of hydrogen-bond donors (Lipinski definition) is 2. The summed E-state index contributed by atoms with van der Waals surface area (Å²) in [7, 11) is 1.70. The molecule has 0 radical (unpaired) electrons. The van der Waals surface area contributed by atoms with Crippen LogP contribution in [0.5, 0.6) is 5.75 Å². The number of nitrogens with zero attached hydrogens (tertiary/aromatic N) is 2. The minimum absolute atomic E-state index is 0.00437. The maximum absolute atomic E-state index is 5.67. The van der Waals surface area contributed by atoms with E-state index in [1.807, 2.05) is 18.2 Å². The third-order valence-corrected chi connectivity index (χ3v) is 6.46. The van der Waals surface area contributed by atoms with Gasteiger partial charge < -0.3 is 24.6 Å². The van der Waals surface area contributed by atoms with E-state index >= 15 is 0 Å². The van der Waals surface area contributed by atoms with Crippen molar-refractivity contribution in [1.82, 2.24) is 15.8 Å². The highest BCUT2D eigenvalue weighted by Gasteiger charge is 2.34. The van der Waals surface area contributed by atoms with Gasteiger partial charge >= 0.3 is 0 Å². The highest BCUT2D eigenvalue weighted by atomic mass is 16.5. The van der Waals surface area contributed by atoms with Crippen LogP contribution < -0.4 is 15.4 Å². The predicted octanol–water partition coefficient (Wildman–Crippen LogP) is 4.39. The Morgan fingerprint density at radius 2 is 1.84 bits per heavy atom. The number of nitrogens with one attached hydrogen (secondary N) is 2. The van der Waals surface area contributed by atoms with Gasteiger partial charge in [-0.25, -0.2) is 4.99 Å². The Morgan fingerprint density at radius 3 is 2.47 bits per heavy atom. The van der Waals surface area contributed by atoms with E-state index in [1.54, 1.807) is 7.11 Å². The van der Waals surface area contributed by atoms with Gasteiger partial charge in [0.25, 0.3) is 0 Å². The fraction of sp³-hybridized carbons (Fsp3) is 0.600. The quantitative estimate of drug-likeness (QED) is 0.420. The highest BCUT2D eigenvalue weighted by Crippen LogP contribution is 2.35. The molecule has 2 N–H and O–H groups in total. The molecule has 1 saturated heterocycles. The molecule has 0 spiro atoms. The lowest BCUT2D eigenvalue weighted by atomic mass is 9.74. The van der Waals surface area contributed by atoms with Gasteiger partial charge in [0.05, 0.1) is 12.8 Å². The molecule has 0 bridgehead atoms. The molecule has 1 aromatic heterocycles. The van der Waals surface area contributed by atoms with Crippen molar-refractivity contribution in [3.63, 3.8) is 0 Å². The number of methoxy groups -OCH3 is 1. The topological polar surface area (TPSA) is 80.9 Å². The first-order valence-corrected chi connectivity index (χ1v) is 11.8. The molecule has 0 aliphatic carbocycles. The van der Waals surface area contributed by atoms with Crippen molar-refractivity contribution in [2.45, 2.75) is 64.3 Å².